The third-order valence-corrected chi connectivity index (χ3v) is 26.2. The second kappa shape index (κ2) is 33.7. The van der Waals surface area contributed by atoms with Crippen LogP contribution >= 0.6 is 22.7 Å². The quantitative estimate of drug-likeness (QED) is 0.110. The van der Waals surface area contributed by atoms with Crippen LogP contribution in [0.2, 0.25) is 0 Å². The first kappa shape index (κ1) is 77.1. The minimum Gasteiger partial charge on any atom is -0.455 e. The molecule has 0 saturated heterocycles. The molecule has 25 rings (SSSR count). The fourth-order valence-electron chi connectivity index (χ4n) is 17.4. The van der Waals surface area contributed by atoms with Crippen LogP contribution in [0.3, 0.4) is 0 Å². The predicted molar refractivity (Wildman–Crippen MR) is 536 cm³/mol. The van der Waals surface area contributed by atoms with Gasteiger partial charge in [0.1, 0.15) is 11.2 Å². The van der Waals surface area contributed by atoms with Crippen molar-refractivity contribution in [2.45, 2.75) is 0 Å². The lowest BCUT2D eigenvalue weighted by molar-refractivity contribution is 0.672. The summed E-state index contributed by atoms with van der Waals surface area (Å²) in [4.78, 5) is 45.6. The molecule has 6 aromatic heterocycles. The maximum Gasteiger partial charge on any atom is 0.164 e. The summed E-state index contributed by atoms with van der Waals surface area (Å²) in [5.41, 5.74) is 19.5. The number of para-hydroxylation sites is 1. The molecule has 0 N–H and O–H groups in total. The van der Waals surface area contributed by atoms with Crippen LogP contribution in [-0.2, 0) is 0 Å². The van der Waals surface area contributed by atoms with E-state index in [0.29, 0.717) is 52.4 Å². The molecule has 25 aromatic rings. The summed E-state index contributed by atoms with van der Waals surface area (Å²) in [6, 6.07) is 153. The molecule has 0 radical (unpaired) electrons. The van der Waals surface area contributed by atoms with Crippen LogP contribution in [-0.4, -0.2) is 44.9 Å². The number of nitrogens with zero attached hydrogens (tertiary/aromatic N) is 9. The van der Waals surface area contributed by atoms with Gasteiger partial charge in [-0.05, 0) is 109 Å². The van der Waals surface area contributed by atoms with Crippen molar-refractivity contribution in [2.24, 2.45) is 0 Å². The Morgan fingerprint density at radius 3 is 0.868 bits per heavy atom. The van der Waals surface area contributed by atoms with E-state index in [1.165, 1.54) is 67.5 Å². The van der Waals surface area contributed by atoms with Gasteiger partial charge in [-0.2, -0.15) is 0 Å². The first-order valence-electron chi connectivity index (χ1n) is 42.9. The number of fused-ring (bicyclic) bond motifs is 15. The first-order valence-corrected chi connectivity index (χ1v) is 44.6. The summed E-state index contributed by atoms with van der Waals surface area (Å²) >= 11 is 3.66. The lowest BCUT2D eigenvalue weighted by Gasteiger charge is -2.12. The molecule has 19 aromatic carbocycles. The molecule has 0 fully saturated rings. The van der Waals surface area contributed by atoms with E-state index < -0.39 is 0 Å². The molecule has 10 nitrogen and oxygen atoms in total. The number of benzene rings is 19. The van der Waals surface area contributed by atoms with E-state index in [4.69, 9.17) is 49.3 Å². The van der Waals surface area contributed by atoms with Crippen molar-refractivity contribution in [3.8, 4) is 147 Å². The van der Waals surface area contributed by atoms with Crippen molar-refractivity contribution in [2.75, 3.05) is 0 Å². The van der Waals surface area contributed by atoms with Crippen molar-refractivity contribution in [1.29, 1.82) is 0 Å². The van der Waals surface area contributed by atoms with E-state index in [1.807, 2.05) is 126 Å². The van der Waals surface area contributed by atoms with Gasteiger partial charge in [-0.1, -0.05) is 394 Å². The van der Waals surface area contributed by atoms with Crippen molar-refractivity contribution in [3.63, 3.8) is 0 Å². The highest BCUT2D eigenvalue weighted by molar-refractivity contribution is 7.27. The number of rotatable bonds is 13. The van der Waals surface area contributed by atoms with Crippen LogP contribution in [0.5, 0.6) is 0 Å². The number of hydrogen-bond acceptors (Lipinski definition) is 12. The van der Waals surface area contributed by atoms with Crippen molar-refractivity contribution in [3.05, 3.63) is 443 Å². The van der Waals surface area contributed by atoms with Gasteiger partial charge in [0.05, 0.1) is 0 Å². The summed E-state index contributed by atoms with van der Waals surface area (Å²) in [5, 5.41) is 14.1. The average Bonchev–Trinajstić information content (AvgIpc) is 1.65. The Balaban J connectivity index is 0.000000112. The van der Waals surface area contributed by atoms with Crippen LogP contribution in [0.1, 0.15) is 0 Å². The summed E-state index contributed by atoms with van der Waals surface area (Å²) in [7, 11) is 0. The maximum atomic E-state index is 6.29. The van der Waals surface area contributed by atoms with Crippen LogP contribution < -0.4 is 0 Å². The van der Waals surface area contributed by atoms with Gasteiger partial charge in [-0.15, -0.1) is 22.7 Å². The second-order valence-electron chi connectivity index (χ2n) is 31.8. The highest BCUT2D eigenvalue weighted by Gasteiger charge is 2.23. The summed E-state index contributed by atoms with van der Waals surface area (Å²) in [6.07, 6.45) is 0. The van der Waals surface area contributed by atoms with E-state index in [1.54, 1.807) is 0 Å². The molecular weight excluding hydrogens is 1610 g/mol. The molecule has 0 amide bonds. The van der Waals surface area contributed by atoms with Gasteiger partial charge in [0, 0.05) is 117 Å². The topological polar surface area (TPSA) is 129 Å². The van der Waals surface area contributed by atoms with E-state index in [0.717, 1.165) is 122 Å². The highest BCUT2D eigenvalue weighted by atomic mass is 32.1. The molecule has 12 heteroatoms. The van der Waals surface area contributed by atoms with Crippen molar-refractivity contribution >= 4 is 117 Å². The third-order valence-electron chi connectivity index (χ3n) is 23.8. The molecule has 0 unspecified atom stereocenters. The Bertz CT molecular complexity index is 8390. The Hall–Kier alpha value is -16.8. The second-order valence-corrected chi connectivity index (χ2v) is 33.9. The SMILES string of the molecule is c1ccc(-c2ccc(-c3nc(-c4cccc(-c5ccccc5)c4)nc(-c4cccc5ccc6c7ccccc7sc6c45)n3)cc2)cc1.c1ccc(-c2cccc(-c3nc(-c4cccc(-c5ccccc5)c4)nc(-c4cccc5ccc6c7ccccc7sc6c45)n3)c2)cc1.c1ccc(-c2nc(-c3ccccc3)nc(-c3ccc4ccc5c6ccccc6oc5c4c3)n2)cc1. The fourth-order valence-corrected chi connectivity index (χ4v) is 20.0. The minimum atomic E-state index is 0.632. The molecule has 0 spiro atoms. The monoisotopic (exact) mass is 1680 g/mol. The van der Waals surface area contributed by atoms with E-state index >= 15 is 0 Å². The van der Waals surface area contributed by atoms with Crippen LogP contribution in [0.4, 0.5) is 0 Å². The number of aromatic nitrogens is 9. The lowest BCUT2D eigenvalue weighted by atomic mass is 10.0. The summed E-state index contributed by atoms with van der Waals surface area (Å²) in [6.45, 7) is 0. The molecule has 0 aliphatic carbocycles. The normalized spacial score (nSPS) is 11.4. The molecule has 604 valence electrons. The molecule has 129 heavy (non-hydrogen) atoms. The summed E-state index contributed by atoms with van der Waals surface area (Å²) in [5.74, 6) is 5.85. The van der Waals surface area contributed by atoms with Gasteiger partial charge < -0.3 is 4.42 Å². The Morgan fingerprint density at radius 2 is 0.442 bits per heavy atom. The van der Waals surface area contributed by atoms with Gasteiger partial charge in [0.25, 0.3) is 0 Å². The van der Waals surface area contributed by atoms with Gasteiger partial charge in [-0.25, -0.2) is 44.9 Å². The lowest BCUT2D eigenvalue weighted by Crippen LogP contribution is -2.01. The average molecular weight is 1690 g/mol. The van der Waals surface area contributed by atoms with E-state index in [2.05, 4.69) is 340 Å². The fraction of sp³-hybridized carbons (Fsp3) is 0. The zero-order valence-corrected chi connectivity index (χ0v) is 71.0. The van der Waals surface area contributed by atoms with E-state index in [-0.39, 0.29) is 0 Å². The molecule has 6 heterocycles. The standard InChI is InChI=1S/2C43H27N3S.C31H19N3O/c1-3-12-28(13-4-1)31-17-9-19-33(26-31)41-44-42(34-20-10-18-32(27-34)29-14-5-2-6-15-29)46-43(45-41)37-22-11-16-30-24-25-36-35-21-7-8-23-38(35)47-40(36)39(30)37;1-3-11-28(12-4-1)30-21-23-32(24-22-30)41-44-42(34-17-9-16-33(27-34)29-13-5-2-6-14-29)46-43(45-41)37-19-10-15-31-25-26-36-35-18-7-8-20-38(35)47-40(36)39(31)37;1-3-9-21(10-4-1)29-32-30(22-11-5-2-6-12-22)34-31(33-29)23-16-15-20-17-18-25-24-13-7-8-14-27(24)35-28(25)26(20)19-23/h2*1-27H;1-19H. The Kier molecular flexibility index (Phi) is 20.1. The Morgan fingerprint density at radius 1 is 0.163 bits per heavy atom. The zero-order chi connectivity index (χ0) is 85.5. The first-order chi connectivity index (χ1) is 63.9. The van der Waals surface area contributed by atoms with Crippen molar-refractivity contribution in [1.82, 2.24) is 44.9 Å². The molecule has 0 aliphatic rings. The van der Waals surface area contributed by atoms with Gasteiger partial charge in [0.15, 0.2) is 52.4 Å². The van der Waals surface area contributed by atoms with Crippen LogP contribution in [0.15, 0.2) is 447 Å². The molecular formula is C117H73N9OS2. The van der Waals surface area contributed by atoms with Crippen molar-refractivity contribution < 1.29 is 4.42 Å². The maximum absolute atomic E-state index is 6.29. The third kappa shape index (κ3) is 15.1. The van der Waals surface area contributed by atoms with Crippen LogP contribution in [0.25, 0.3) is 242 Å². The van der Waals surface area contributed by atoms with Gasteiger partial charge >= 0.3 is 0 Å². The number of hydrogen-bond donors (Lipinski definition) is 0. The molecule has 0 saturated carbocycles. The minimum absolute atomic E-state index is 0.632. The number of thiophene rings is 2. The van der Waals surface area contributed by atoms with Gasteiger partial charge in [0.2, 0.25) is 0 Å². The largest absolute Gasteiger partial charge is 0.455 e. The number of furan rings is 1. The molecule has 0 atom stereocenters. The molecule has 0 bridgehead atoms. The van der Waals surface area contributed by atoms with E-state index in [9.17, 15) is 0 Å². The highest BCUT2D eigenvalue weighted by Crippen LogP contribution is 2.46. The van der Waals surface area contributed by atoms with Gasteiger partial charge in [-0.3, -0.25) is 0 Å². The smallest absolute Gasteiger partial charge is 0.164 e. The predicted octanol–water partition coefficient (Wildman–Crippen LogP) is 31.4. The van der Waals surface area contributed by atoms with Crippen LogP contribution in [0, 0.1) is 0 Å². The summed E-state index contributed by atoms with van der Waals surface area (Å²) < 4.78 is 11.3. The Labute approximate surface area is 750 Å². The molecule has 0 aliphatic heterocycles. The zero-order valence-electron chi connectivity index (χ0n) is 69.4.